The lowest BCUT2D eigenvalue weighted by Gasteiger charge is -2.14. The fraction of sp³-hybridized carbons (Fsp3) is 0.467. The van der Waals surface area contributed by atoms with Crippen molar-refractivity contribution in [2.24, 2.45) is 0 Å². The number of halogens is 4. The quantitative estimate of drug-likeness (QED) is 0.424. The van der Waals surface area contributed by atoms with Crippen LogP contribution in [0.4, 0.5) is 13.2 Å². The Hall–Kier alpha value is -1.19. The summed E-state index contributed by atoms with van der Waals surface area (Å²) in [7, 11) is -1.29. The molecule has 0 aliphatic heterocycles. The van der Waals surface area contributed by atoms with Crippen LogP contribution in [-0.4, -0.2) is 24.8 Å². The number of benzene rings is 1. The third-order valence-electron chi connectivity index (χ3n) is 3.30. The molecule has 0 unspecified atom stereocenters. The summed E-state index contributed by atoms with van der Waals surface area (Å²) in [5.74, 6) is -0.836. The van der Waals surface area contributed by atoms with Crippen molar-refractivity contribution in [2.75, 3.05) is 6.61 Å². The van der Waals surface area contributed by atoms with E-state index in [9.17, 15) is 13.2 Å². The molecular formula is C15H20BrF3N3OSi+. The summed E-state index contributed by atoms with van der Waals surface area (Å²) in [5, 5.41) is 2.68. The maximum atomic E-state index is 13.2. The number of aromatic amines is 1. The molecule has 0 amide bonds. The number of hydrogen-bond donors (Lipinski definition) is 1. The van der Waals surface area contributed by atoms with Gasteiger partial charge in [0.05, 0.1) is 0 Å². The van der Waals surface area contributed by atoms with Gasteiger partial charge in [0.1, 0.15) is 0 Å². The zero-order chi connectivity index (χ0) is 18.0. The Labute approximate surface area is 148 Å². The molecule has 2 rings (SSSR count). The van der Waals surface area contributed by atoms with Crippen LogP contribution in [0.3, 0.4) is 0 Å². The second-order valence-corrected chi connectivity index (χ2v) is 13.2. The highest BCUT2D eigenvalue weighted by Crippen LogP contribution is 2.27. The van der Waals surface area contributed by atoms with Crippen LogP contribution < -0.4 is 4.68 Å². The highest BCUT2D eigenvalue weighted by molar-refractivity contribution is 9.10. The van der Waals surface area contributed by atoms with Crippen molar-refractivity contribution in [3.8, 4) is 11.4 Å². The number of nitrogens with zero attached hydrogens (tertiary/aromatic N) is 2. The Bertz CT molecular complexity index is 681. The van der Waals surface area contributed by atoms with Gasteiger partial charge in [-0.05, 0) is 35.3 Å². The summed E-state index contributed by atoms with van der Waals surface area (Å²) in [6.45, 7) is 6.79. The predicted molar refractivity (Wildman–Crippen MR) is 91.0 cm³/mol. The Kier molecular flexibility index (Phi) is 5.87. The summed E-state index contributed by atoms with van der Waals surface area (Å²) in [5.41, 5.74) is 0.574. The molecular weight excluding hydrogens is 403 g/mol. The first-order valence-corrected chi connectivity index (χ1v) is 12.0. The molecule has 2 aromatic rings. The molecule has 4 nitrogen and oxygen atoms in total. The number of nitrogens with one attached hydrogen (secondary N) is 1. The normalized spacial score (nSPS) is 12.6. The van der Waals surface area contributed by atoms with E-state index in [1.807, 2.05) is 0 Å². The molecule has 0 bridgehead atoms. The number of H-pyrrole nitrogens is 1. The fourth-order valence-corrected chi connectivity index (χ4v) is 2.97. The molecule has 0 saturated heterocycles. The van der Waals surface area contributed by atoms with Gasteiger partial charge in [0.25, 0.3) is 5.82 Å². The lowest BCUT2D eigenvalue weighted by Crippen LogP contribution is -2.44. The van der Waals surface area contributed by atoms with E-state index >= 15 is 0 Å². The van der Waals surface area contributed by atoms with Gasteiger partial charge in [0.2, 0.25) is 6.73 Å². The molecule has 1 aromatic heterocycles. The lowest BCUT2D eigenvalue weighted by molar-refractivity contribution is -0.796. The van der Waals surface area contributed by atoms with Gasteiger partial charge in [-0.2, -0.15) is 18.3 Å². The lowest BCUT2D eigenvalue weighted by atomic mass is 10.2. The zero-order valence-electron chi connectivity index (χ0n) is 13.7. The number of hydrogen-bond acceptors (Lipinski definition) is 2. The van der Waals surface area contributed by atoms with Gasteiger partial charge in [-0.3, -0.25) is 0 Å². The van der Waals surface area contributed by atoms with E-state index in [4.69, 9.17) is 4.74 Å². The van der Waals surface area contributed by atoms with Crippen LogP contribution in [0.5, 0.6) is 0 Å². The largest absolute Gasteiger partial charge is 0.501 e. The van der Waals surface area contributed by atoms with Crippen molar-refractivity contribution in [2.45, 2.75) is 38.6 Å². The van der Waals surface area contributed by atoms with Crippen LogP contribution in [0.15, 0.2) is 28.7 Å². The van der Waals surface area contributed by atoms with Crippen LogP contribution in [0.25, 0.3) is 11.4 Å². The minimum absolute atomic E-state index is 0.156. The van der Waals surface area contributed by atoms with Gasteiger partial charge in [0.15, 0.2) is 0 Å². The monoisotopic (exact) mass is 422 g/mol. The van der Waals surface area contributed by atoms with Crippen molar-refractivity contribution in [3.05, 3.63) is 34.6 Å². The predicted octanol–water partition coefficient (Wildman–Crippen LogP) is 4.46. The minimum Gasteiger partial charge on any atom is -0.341 e. The maximum absolute atomic E-state index is 13.2. The third-order valence-corrected chi connectivity index (χ3v) is 5.54. The van der Waals surface area contributed by atoms with E-state index in [0.717, 1.165) is 15.2 Å². The third kappa shape index (κ3) is 5.42. The number of alkyl halides is 3. The first kappa shape index (κ1) is 19.1. The average Bonchev–Trinajstić information content (AvgIpc) is 2.88. The second-order valence-electron chi connectivity index (χ2n) is 6.68. The van der Waals surface area contributed by atoms with Gasteiger partial charge in [-0.25, -0.2) is 0 Å². The van der Waals surface area contributed by atoms with E-state index < -0.39 is 20.1 Å². The summed E-state index contributed by atoms with van der Waals surface area (Å²) < 4.78 is 46.7. The highest BCUT2D eigenvalue weighted by Gasteiger charge is 2.46. The van der Waals surface area contributed by atoms with E-state index in [0.29, 0.717) is 12.2 Å². The summed E-state index contributed by atoms with van der Waals surface area (Å²) in [6.07, 6.45) is -4.55. The van der Waals surface area contributed by atoms with Crippen LogP contribution in [0.2, 0.25) is 25.7 Å². The van der Waals surface area contributed by atoms with E-state index in [-0.39, 0.29) is 12.6 Å². The molecule has 0 atom stereocenters. The SMILES string of the molecule is C[Si](C)(C)CCOC[n+]1[nH]c(-c2ccc(Br)cc2)nc1C(F)(F)F. The topological polar surface area (TPSA) is 41.8 Å². The maximum Gasteiger partial charge on any atom is 0.501 e. The number of ether oxygens (including phenoxy) is 1. The summed E-state index contributed by atoms with van der Waals surface area (Å²) in [6, 6.07) is 7.78. The van der Waals surface area contributed by atoms with Crippen molar-refractivity contribution in [1.29, 1.82) is 0 Å². The van der Waals surface area contributed by atoms with Gasteiger partial charge >= 0.3 is 12.0 Å². The molecule has 0 aliphatic carbocycles. The van der Waals surface area contributed by atoms with Gasteiger partial charge in [-0.15, -0.1) is 4.68 Å². The van der Waals surface area contributed by atoms with Gasteiger partial charge < -0.3 is 4.74 Å². The first-order chi connectivity index (χ1) is 11.1. The minimum atomic E-state index is -4.55. The number of aromatic nitrogens is 3. The van der Waals surface area contributed by atoms with Crippen molar-refractivity contribution < 1.29 is 22.6 Å². The zero-order valence-corrected chi connectivity index (χ0v) is 16.3. The van der Waals surface area contributed by atoms with Gasteiger partial charge in [-0.1, -0.05) is 35.6 Å². The Morgan fingerprint density at radius 1 is 1.21 bits per heavy atom. The molecule has 132 valence electrons. The standard InChI is InChI=1S/C15H19BrF3N3OSi/c1-24(2,3)9-8-23-10-22-14(15(17,18)19)20-13(21-22)11-4-6-12(16)7-5-11/h4-7H,8-10H2,1-3H3/p+1. The van der Waals surface area contributed by atoms with Crippen molar-refractivity contribution in [3.63, 3.8) is 0 Å². The molecule has 1 heterocycles. The molecule has 0 aliphatic rings. The van der Waals surface area contributed by atoms with Crippen molar-refractivity contribution in [1.82, 2.24) is 10.1 Å². The highest BCUT2D eigenvalue weighted by atomic mass is 79.9. The molecule has 0 saturated carbocycles. The molecule has 1 N–H and O–H groups in total. The van der Waals surface area contributed by atoms with Crippen LogP contribution >= 0.6 is 15.9 Å². The first-order valence-electron chi connectivity index (χ1n) is 7.47. The molecule has 0 radical (unpaired) electrons. The summed E-state index contributed by atoms with van der Waals surface area (Å²) >= 11 is 3.29. The summed E-state index contributed by atoms with van der Waals surface area (Å²) in [4.78, 5) is 3.70. The average molecular weight is 423 g/mol. The fourth-order valence-electron chi connectivity index (χ4n) is 1.95. The Morgan fingerprint density at radius 3 is 2.38 bits per heavy atom. The Balaban J connectivity index is 2.18. The van der Waals surface area contributed by atoms with Gasteiger partial charge in [0, 0.05) is 24.7 Å². The van der Waals surface area contributed by atoms with Crippen LogP contribution in [-0.2, 0) is 17.6 Å². The Morgan fingerprint density at radius 2 is 1.83 bits per heavy atom. The van der Waals surface area contributed by atoms with Crippen LogP contribution in [0, 0.1) is 0 Å². The second kappa shape index (κ2) is 7.36. The molecule has 1 aromatic carbocycles. The van der Waals surface area contributed by atoms with Crippen LogP contribution in [0.1, 0.15) is 5.82 Å². The van der Waals surface area contributed by atoms with E-state index in [1.165, 1.54) is 0 Å². The van der Waals surface area contributed by atoms with E-state index in [2.05, 4.69) is 45.7 Å². The van der Waals surface area contributed by atoms with Crippen molar-refractivity contribution >= 4 is 24.0 Å². The molecule has 0 spiro atoms. The molecule has 0 fully saturated rings. The number of rotatable bonds is 6. The molecule has 24 heavy (non-hydrogen) atoms. The van der Waals surface area contributed by atoms with E-state index in [1.54, 1.807) is 24.3 Å². The smallest absolute Gasteiger partial charge is 0.341 e. The molecule has 9 heteroatoms.